The summed E-state index contributed by atoms with van der Waals surface area (Å²) in [7, 11) is 2.23. The van der Waals surface area contributed by atoms with Crippen molar-refractivity contribution in [3.63, 3.8) is 0 Å². The van der Waals surface area contributed by atoms with Gasteiger partial charge >= 0.3 is 0 Å². The van der Waals surface area contributed by atoms with Gasteiger partial charge < -0.3 is 9.64 Å². The lowest BCUT2D eigenvalue weighted by atomic mass is 9.85. The second-order valence-electron chi connectivity index (χ2n) is 10.5. The number of amides is 2. The normalized spacial score (nSPS) is 26.7. The maximum Gasteiger partial charge on any atom is 0.234 e. The quantitative estimate of drug-likeness (QED) is 0.667. The summed E-state index contributed by atoms with van der Waals surface area (Å²) < 4.78 is 6.12. The van der Waals surface area contributed by atoms with Gasteiger partial charge in [0, 0.05) is 39.1 Å². The second-order valence-corrected chi connectivity index (χ2v) is 10.5. The number of benzene rings is 2. The van der Waals surface area contributed by atoms with Crippen LogP contribution in [0.4, 0.5) is 0 Å². The third-order valence-electron chi connectivity index (χ3n) is 7.45. The van der Waals surface area contributed by atoms with Gasteiger partial charge in [-0.3, -0.25) is 19.8 Å². The molecule has 0 saturated carbocycles. The number of likely N-dealkylation sites (tertiary alicyclic amines) is 2. The van der Waals surface area contributed by atoms with Crippen LogP contribution in [0.15, 0.2) is 48.5 Å². The molecule has 3 fully saturated rings. The van der Waals surface area contributed by atoms with Crippen molar-refractivity contribution in [3.8, 4) is 5.75 Å². The van der Waals surface area contributed by atoms with Gasteiger partial charge in [0.15, 0.2) is 0 Å². The molecule has 180 valence electrons. The molecule has 2 amide bonds. The molecule has 1 N–H and O–H groups in total. The molecule has 5 rings (SSSR count). The summed E-state index contributed by atoms with van der Waals surface area (Å²) in [5, 5.41) is 2.42. The fraction of sp³-hybridized carbons (Fsp3) is 0.500. The molecule has 3 heterocycles. The highest BCUT2D eigenvalue weighted by Crippen LogP contribution is 2.30. The smallest absolute Gasteiger partial charge is 0.234 e. The first-order valence-electron chi connectivity index (χ1n) is 12.5. The Morgan fingerprint density at radius 2 is 1.65 bits per heavy atom. The van der Waals surface area contributed by atoms with Crippen molar-refractivity contribution in [2.75, 3.05) is 33.2 Å². The molecule has 2 unspecified atom stereocenters. The van der Waals surface area contributed by atoms with E-state index < -0.39 is 0 Å². The highest BCUT2D eigenvalue weighted by atomic mass is 16.5. The van der Waals surface area contributed by atoms with Gasteiger partial charge in [-0.05, 0) is 60.5 Å². The first-order valence-corrected chi connectivity index (χ1v) is 12.5. The molecule has 0 aromatic heterocycles. The fourth-order valence-corrected chi connectivity index (χ4v) is 5.72. The number of rotatable bonds is 6. The molecule has 6 nitrogen and oxygen atoms in total. The Bertz CT molecular complexity index is 1000. The Balaban J connectivity index is 1.08. The number of piperidine rings is 2. The molecule has 2 aromatic carbocycles. The summed E-state index contributed by atoms with van der Waals surface area (Å²) in [6.07, 6.45) is 2.44. The number of ether oxygens (including phenoxy) is 1. The van der Waals surface area contributed by atoms with E-state index in [1.807, 2.05) is 24.3 Å². The van der Waals surface area contributed by atoms with Gasteiger partial charge in [0.05, 0.1) is 5.92 Å². The summed E-state index contributed by atoms with van der Waals surface area (Å²) in [5.41, 5.74) is 3.76. The summed E-state index contributed by atoms with van der Waals surface area (Å²) in [4.78, 5) is 28.3. The van der Waals surface area contributed by atoms with Crippen molar-refractivity contribution in [3.05, 3.63) is 65.2 Å². The maximum absolute atomic E-state index is 12.1. The monoisotopic (exact) mass is 461 g/mol. The van der Waals surface area contributed by atoms with Gasteiger partial charge in [-0.15, -0.1) is 0 Å². The highest BCUT2D eigenvalue weighted by molar-refractivity contribution is 6.00. The van der Waals surface area contributed by atoms with Crippen LogP contribution >= 0.6 is 0 Å². The molecule has 6 heteroatoms. The lowest BCUT2D eigenvalue weighted by Crippen LogP contribution is -2.53. The lowest BCUT2D eigenvalue weighted by molar-refractivity contribution is -0.134. The molecule has 3 aliphatic heterocycles. The third kappa shape index (κ3) is 5.34. The molecule has 0 spiro atoms. The molecule has 0 aliphatic carbocycles. The van der Waals surface area contributed by atoms with Crippen LogP contribution in [-0.4, -0.2) is 60.9 Å². The van der Waals surface area contributed by atoms with Crippen molar-refractivity contribution in [2.45, 2.75) is 50.7 Å². The minimum atomic E-state index is -0.250. The van der Waals surface area contributed by atoms with E-state index in [9.17, 15) is 9.59 Å². The predicted octanol–water partition coefficient (Wildman–Crippen LogP) is 3.53. The third-order valence-corrected chi connectivity index (χ3v) is 7.45. The van der Waals surface area contributed by atoms with Crippen LogP contribution in [0.2, 0.25) is 0 Å². The highest BCUT2D eigenvalue weighted by Gasteiger charge is 2.30. The topological polar surface area (TPSA) is 61.9 Å². The number of hydrogen-bond acceptors (Lipinski definition) is 5. The number of nitrogens with zero attached hydrogens (tertiary/aromatic N) is 2. The Labute approximate surface area is 202 Å². The zero-order chi connectivity index (χ0) is 23.7. The maximum atomic E-state index is 12.1. The Morgan fingerprint density at radius 3 is 2.32 bits per heavy atom. The molecule has 34 heavy (non-hydrogen) atoms. The first-order chi connectivity index (χ1) is 16.4. The Morgan fingerprint density at radius 1 is 0.941 bits per heavy atom. The number of likely N-dealkylation sites (N-methyl/N-ethyl adjacent to an activating group) is 1. The van der Waals surface area contributed by atoms with Gasteiger partial charge in [0.1, 0.15) is 11.9 Å². The number of nitrogens with one attached hydrogen (secondary N) is 1. The van der Waals surface area contributed by atoms with E-state index in [1.165, 1.54) is 24.1 Å². The number of imide groups is 1. The SMILES string of the molecule is CC1C[C@H](c2ccc(CN3CC(Oc4ccc(C5CCC(=O)NC5=O)cc4)C3)cc2)CN(C)C1. The number of carbonyl (C=O) groups excluding carboxylic acids is 2. The van der Waals surface area contributed by atoms with E-state index >= 15 is 0 Å². The fourth-order valence-electron chi connectivity index (χ4n) is 5.72. The molecule has 2 aromatic rings. The van der Waals surface area contributed by atoms with Gasteiger partial charge in [0.2, 0.25) is 11.8 Å². The average Bonchev–Trinajstić information content (AvgIpc) is 2.78. The van der Waals surface area contributed by atoms with Crippen LogP contribution < -0.4 is 10.1 Å². The standard InChI is InChI=1S/C28H35N3O3/c1-19-13-23(16-30(2)14-19)21-5-3-20(4-6-21)15-31-17-25(18-31)34-24-9-7-22(8-10-24)26-11-12-27(32)29-28(26)33/h3-10,19,23,25-26H,11-18H2,1-2H3,(H,29,32,33)/t19?,23-,26?/m0/s1. The largest absolute Gasteiger partial charge is 0.488 e. The van der Waals surface area contributed by atoms with Gasteiger partial charge in [0.25, 0.3) is 0 Å². The van der Waals surface area contributed by atoms with E-state index in [0.29, 0.717) is 18.8 Å². The van der Waals surface area contributed by atoms with Crippen LogP contribution in [0.3, 0.4) is 0 Å². The van der Waals surface area contributed by atoms with Crippen molar-refractivity contribution in [1.82, 2.24) is 15.1 Å². The van der Waals surface area contributed by atoms with Crippen molar-refractivity contribution in [2.24, 2.45) is 5.92 Å². The van der Waals surface area contributed by atoms with Crippen LogP contribution in [-0.2, 0) is 16.1 Å². The summed E-state index contributed by atoms with van der Waals surface area (Å²) >= 11 is 0. The van der Waals surface area contributed by atoms with Gasteiger partial charge in [-0.25, -0.2) is 0 Å². The van der Waals surface area contributed by atoms with Crippen LogP contribution in [0.1, 0.15) is 54.7 Å². The Hall–Kier alpha value is -2.70. The molecule has 0 radical (unpaired) electrons. The van der Waals surface area contributed by atoms with E-state index in [4.69, 9.17) is 4.74 Å². The van der Waals surface area contributed by atoms with Crippen LogP contribution in [0, 0.1) is 5.92 Å². The molecule has 3 saturated heterocycles. The van der Waals surface area contributed by atoms with Crippen molar-refractivity contribution in [1.29, 1.82) is 0 Å². The summed E-state index contributed by atoms with van der Waals surface area (Å²) in [5.74, 6) is 1.60. The second kappa shape index (κ2) is 9.88. The molecule has 3 aliphatic rings. The lowest BCUT2D eigenvalue weighted by Gasteiger charge is -2.39. The molecular weight excluding hydrogens is 426 g/mol. The first kappa shape index (κ1) is 23.1. The minimum Gasteiger partial charge on any atom is -0.488 e. The molecule has 3 atom stereocenters. The van der Waals surface area contributed by atoms with Gasteiger partial charge in [-0.2, -0.15) is 0 Å². The summed E-state index contributed by atoms with van der Waals surface area (Å²) in [6, 6.07) is 17.0. The number of hydrogen-bond donors (Lipinski definition) is 1. The van der Waals surface area contributed by atoms with Crippen LogP contribution in [0.25, 0.3) is 0 Å². The van der Waals surface area contributed by atoms with Gasteiger partial charge in [-0.1, -0.05) is 43.3 Å². The van der Waals surface area contributed by atoms with Crippen LogP contribution in [0.5, 0.6) is 5.75 Å². The van der Waals surface area contributed by atoms with Crippen molar-refractivity contribution >= 4 is 11.8 Å². The number of carbonyl (C=O) groups is 2. The zero-order valence-electron chi connectivity index (χ0n) is 20.2. The minimum absolute atomic E-state index is 0.182. The van der Waals surface area contributed by atoms with E-state index in [0.717, 1.165) is 43.4 Å². The van der Waals surface area contributed by atoms with E-state index in [2.05, 4.69) is 53.4 Å². The molecular formula is C28H35N3O3. The predicted molar refractivity (Wildman–Crippen MR) is 132 cm³/mol. The van der Waals surface area contributed by atoms with E-state index in [-0.39, 0.29) is 23.8 Å². The van der Waals surface area contributed by atoms with Crippen molar-refractivity contribution < 1.29 is 14.3 Å². The molecule has 0 bridgehead atoms. The summed E-state index contributed by atoms with van der Waals surface area (Å²) in [6.45, 7) is 7.50. The zero-order valence-corrected chi connectivity index (χ0v) is 20.2. The average molecular weight is 462 g/mol. The van der Waals surface area contributed by atoms with E-state index in [1.54, 1.807) is 0 Å². The Kier molecular flexibility index (Phi) is 6.70.